The smallest absolute Gasteiger partial charge is 0.251 e. The summed E-state index contributed by atoms with van der Waals surface area (Å²) in [6.07, 6.45) is 2.71. The van der Waals surface area contributed by atoms with Crippen molar-refractivity contribution in [1.82, 2.24) is 15.2 Å². The molecule has 148 valence electrons. The predicted molar refractivity (Wildman–Crippen MR) is 110 cm³/mol. The van der Waals surface area contributed by atoms with Crippen LogP contribution in [0.3, 0.4) is 0 Å². The lowest BCUT2D eigenvalue weighted by Gasteiger charge is -2.24. The van der Waals surface area contributed by atoms with Crippen molar-refractivity contribution in [2.75, 3.05) is 12.4 Å². The molecule has 7 nitrogen and oxygen atoms in total. The van der Waals surface area contributed by atoms with Crippen LogP contribution in [0.2, 0.25) is 0 Å². The fourth-order valence-electron chi connectivity index (χ4n) is 3.76. The van der Waals surface area contributed by atoms with Gasteiger partial charge in [-0.25, -0.2) is 0 Å². The summed E-state index contributed by atoms with van der Waals surface area (Å²) in [7, 11) is 1.56. The number of hydrogen-bond donors (Lipinski definition) is 3. The molecule has 1 aromatic heterocycles. The van der Waals surface area contributed by atoms with Crippen molar-refractivity contribution in [2.24, 2.45) is 0 Å². The van der Waals surface area contributed by atoms with Gasteiger partial charge in [-0.15, -0.1) is 0 Å². The van der Waals surface area contributed by atoms with Crippen LogP contribution in [0.5, 0.6) is 0 Å². The molecule has 1 aliphatic rings. The number of amides is 3. The number of hydrogen-bond acceptors (Lipinski definition) is 3. The highest BCUT2D eigenvalue weighted by Crippen LogP contribution is 2.26. The first-order valence-electron chi connectivity index (χ1n) is 9.54. The number of anilines is 1. The number of H-pyrrole nitrogens is 1. The molecular weight excluding hydrogens is 368 g/mol. The Morgan fingerprint density at radius 1 is 1.17 bits per heavy atom. The number of fused-ring (bicyclic) bond motifs is 1. The van der Waals surface area contributed by atoms with Crippen LogP contribution in [0.4, 0.5) is 5.69 Å². The second-order valence-electron chi connectivity index (χ2n) is 7.08. The van der Waals surface area contributed by atoms with E-state index in [0.29, 0.717) is 30.6 Å². The zero-order chi connectivity index (χ0) is 20.4. The molecule has 29 heavy (non-hydrogen) atoms. The Hall–Kier alpha value is -3.61. The van der Waals surface area contributed by atoms with Gasteiger partial charge in [-0.05, 0) is 36.2 Å². The van der Waals surface area contributed by atoms with E-state index in [2.05, 4.69) is 15.6 Å². The fourth-order valence-corrected chi connectivity index (χ4v) is 3.76. The van der Waals surface area contributed by atoms with Crippen LogP contribution in [0.1, 0.15) is 28.8 Å². The van der Waals surface area contributed by atoms with E-state index >= 15 is 0 Å². The maximum absolute atomic E-state index is 12.9. The SMILES string of the molecule is CNC(=O)c1cccc(NC(=O)C2CCC(=O)N2Cc2c[nH]c3ccccc23)c1. The van der Waals surface area contributed by atoms with Gasteiger partial charge < -0.3 is 20.5 Å². The molecule has 3 N–H and O–H groups in total. The number of aromatic amines is 1. The molecule has 1 saturated heterocycles. The normalized spacial score (nSPS) is 16.2. The third-order valence-corrected chi connectivity index (χ3v) is 5.27. The van der Waals surface area contributed by atoms with Crippen LogP contribution in [0.15, 0.2) is 54.7 Å². The number of carbonyl (C=O) groups is 3. The number of nitrogens with zero attached hydrogens (tertiary/aromatic N) is 1. The molecule has 0 spiro atoms. The van der Waals surface area contributed by atoms with E-state index in [1.807, 2.05) is 30.5 Å². The number of nitrogens with one attached hydrogen (secondary N) is 3. The van der Waals surface area contributed by atoms with Crippen LogP contribution < -0.4 is 10.6 Å². The van der Waals surface area contributed by atoms with Gasteiger partial charge in [0.05, 0.1) is 0 Å². The summed E-state index contributed by atoms with van der Waals surface area (Å²) in [6, 6.07) is 14.1. The molecule has 2 aromatic carbocycles. The number of para-hydroxylation sites is 1. The van der Waals surface area contributed by atoms with E-state index in [-0.39, 0.29) is 17.7 Å². The molecule has 2 heterocycles. The lowest BCUT2D eigenvalue weighted by atomic mass is 10.1. The van der Waals surface area contributed by atoms with E-state index < -0.39 is 6.04 Å². The van der Waals surface area contributed by atoms with Crippen LogP contribution in [0.25, 0.3) is 10.9 Å². The minimum absolute atomic E-state index is 0.0328. The first-order valence-corrected chi connectivity index (χ1v) is 9.54. The monoisotopic (exact) mass is 390 g/mol. The second kappa shape index (κ2) is 7.79. The zero-order valence-corrected chi connectivity index (χ0v) is 16.1. The minimum Gasteiger partial charge on any atom is -0.361 e. The van der Waals surface area contributed by atoms with E-state index in [0.717, 1.165) is 16.5 Å². The predicted octanol–water partition coefficient (Wildman–Crippen LogP) is 2.66. The molecule has 4 rings (SSSR count). The van der Waals surface area contributed by atoms with Gasteiger partial charge in [-0.3, -0.25) is 14.4 Å². The highest BCUT2D eigenvalue weighted by Gasteiger charge is 2.36. The highest BCUT2D eigenvalue weighted by molar-refractivity contribution is 6.01. The molecule has 0 radical (unpaired) electrons. The van der Waals surface area contributed by atoms with Crippen molar-refractivity contribution < 1.29 is 14.4 Å². The summed E-state index contributed by atoms with van der Waals surface area (Å²) in [6.45, 7) is 0.374. The highest BCUT2D eigenvalue weighted by atomic mass is 16.2. The summed E-state index contributed by atoms with van der Waals surface area (Å²) in [4.78, 5) is 42.0. The number of rotatable bonds is 5. The third-order valence-electron chi connectivity index (χ3n) is 5.27. The number of benzene rings is 2. The standard InChI is InChI=1S/C22H22N4O3/c1-23-21(28)14-5-4-6-16(11-14)25-22(29)19-9-10-20(27)26(19)13-15-12-24-18-8-3-2-7-17(15)18/h2-8,11-12,19,24H,9-10,13H2,1H3,(H,23,28)(H,25,29). The summed E-state index contributed by atoms with van der Waals surface area (Å²) < 4.78 is 0. The Labute approximate surface area is 168 Å². The lowest BCUT2D eigenvalue weighted by Crippen LogP contribution is -2.41. The van der Waals surface area contributed by atoms with E-state index in [1.54, 1.807) is 36.2 Å². The van der Waals surface area contributed by atoms with Crippen LogP contribution in [-0.2, 0) is 16.1 Å². The van der Waals surface area contributed by atoms with Crippen LogP contribution >= 0.6 is 0 Å². The number of aromatic nitrogens is 1. The molecule has 1 aliphatic heterocycles. The lowest BCUT2D eigenvalue weighted by molar-refractivity contribution is -0.133. The van der Waals surface area contributed by atoms with Gasteiger partial charge in [0.15, 0.2) is 0 Å². The summed E-state index contributed by atoms with van der Waals surface area (Å²) in [5.41, 5.74) is 2.97. The van der Waals surface area contributed by atoms with Crippen molar-refractivity contribution in [1.29, 1.82) is 0 Å². The first-order chi connectivity index (χ1) is 14.1. The van der Waals surface area contributed by atoms with Crippen molar-refractivity contribution in [3.05, 3.63) is 65.9 Å². The van der Waals surface area contributed by atoms with Gasteiger partial charge >= 0.3 is 0 Å². The van der Waals surface area contributed by atoms with Crippen molar-refractivity contribution >= 4 is 34.3 Å². The molecular formula is C22H22N4O3. The van der Waals surface area contributed by atoms with Gasteiger partial charge in [-0.2, -0.15) is 0 Å². The Morgan fingerprint density at radius 2 is 2.00 bits per heavy atom. The van der Waals surface area contributed by atoms with Crippen molar-refractivity contribution in [3.63, 3.8) is 0 Å². The molecule has 3 amide bonds. The topological polar surface area (TPSA) is 94.3 Å². The van der Waals surface area contributed by atoms with Gasteiger partial charge in [0, 0.05) is 48.4 Å². The second-order valence-corrected chi connectivity index (χ2v) is 7.08. The van der Waals surface area contributed by atoms with Crippen LogP contribution in [-0.4, -0.2) is 40.7 Å². The van der Waals surface area contributed by atoms with Crippen molar-refractivity contribution in [3.8, 4) is 0 Å². The zero-order valence-electron chi connectivity index (χ0n) is 16.1. The van der Waals surface area contributed by atoms with Crippen molar-refractivity contribution in [2.45, 2.75) is 25.4 Å². The Kier molecular flexibility index (Phi) is 5.03. The molecule has 1 atom stereocenters. The summed E-state index contributed by atoms with van der Waals surface area (Å²) in [5, 5.41) is 6.46. The third kappa shape index (κ3) is 3.71. The van der Waals surface area contributed by atoms with Gasteiger partial charge in [0.25, 0.3) is 5.91 Å². The molecule has 7 heteroatoms. The molecule has 1 fully saturated rings. The summed E-state index contributed by atoms with van der Waals surface area (Å²) in [5.74, 6) is -0.502. The molecule has 0 bridgehead atoms. The Balaban J connectivity index is 1.52. The van der Waals surface area contributed by atoms with Gasteiger partial charge in [0.2, 0.25) is 11.8 Å². The maximum Gasteiger partial charge on any atom is 0.251 e. The first kappa shape index (κ1) is 18.7. The maximum atomic E-state index is 12.9. The summed E-state index contributed by atoms with van der Waals surface area (Å²) >= 11 is 0. The van der Waals surface area contributed by atoms with E-state index in [1.165, 1.54) is 0 Å². The number of likely N-dealkylation sites (tertiary alicyclic amines) is 1. The van der Waals surface area contributed by atoms with Gasteiger partial charge in [0.1, 0.15) is 6.04 Å². The fraction of sp³-hybridized carbons (Fsp3) is 0.227. The molecule has 3 aromatic rings. The van der Waals surface area contributed by atoms with Gasteiger partial charge in [-0.1, -0.05) is 24.3 Å². The molecule has 0 saturated carbocycles. The molecule has 1 unspecified atom stereocenters. The van der Waals surface area contributed by atoms with E-state index in [4.69, 9.17) is 0 Å². The largest absolute Gasteiger partial charge is 0.361 e. The number of carbonyl (C=O) groups excluding carboxylic acids is 3. The Bertz CT molecular complexity index is 1090. The average Bonchev–Trinajstić information content (AvgIpc) is 3.32. The average molecular weight is 390 g/mol. The molecule has 0 aliphatic carbocycles. The van der Waals surface area contributed by atoms with Crippen LogP contribution in [0, 0.1) is 0 Å². The minimum atomic E-state index is -0.542. The Morgan fingerprint density at radius 3 is 2.83 bits per heavy atom. The quantitative estimate of drug-likeness (QED) is 0.625. The van der Waals surface area contributed by atoms with E-state index in [9.17, 15) is 14.4 Å².